The van der Waals surface area contributed by atoms with Gasteiger partial charge in [0, 0.05) is 0 Å². The molecule has 5 heteroatoms. The quantitative estimate of drug-likeness (QED) is 0.113. The number of hydrogen-bond acceptors (Lipinski definition) is 3. The summed E-state index contributed by atoms with van der Waals surface area (Å²) in [7, 11) is -3.59. The summed E-state index contributed by atoms with van der Waals surface area (Å²) in [6, 6.07) is 18.9. The van der Waals surface area contributed by atoms with Crippen molar-refractivity contribution in [2.45, 2.75) is 82.4 Å². The van der Waals surface area contributed by atoms with Crippen LogP contribution in [0.25, 0.3) is 0 Å². The molecule has 0 atom stereocenters. The topological polar surface area (TPSA) is 43.4 Å². The molecule has 176 valence electrons. The fourth-order valence-corrected chi connectivity index (χ4v) is 4.16. The molecule has 3 nitrogen and oxygen atoms in total. The maximum Gasteiger partial charge on any atom is 2.00 e. The van der Waals surface area contributed by atoms with Gasteiger partial charge in [-0.25, -0.2) is 0 Å². The van der Waals surface area contributed by atoms with E-state index in [-0.39, 0.29) is 52.1 Å². The van der Waals surface area contributed by atoms with E-state index >= 15 is 0 Å². The monoisotopic (exact) mass is 486 g/mol. The van der Waals surface area contributed by atoms with Crippen molar-refractivity contribution in [3.8, 4) is 0 Å². The molecule has 0 aliphatic rings. The first kappa shape index (κ1) is 31.3. The Morgan fingerprint density at radius 2 is 1.25 bits per heavy atom. The van der Waals surface area contributed by atoms with Gasteiger partial charge in [-0.2, -0.15) is 8.42 Å². The van der Waals surface area contributed by atoms with Gasteiger partial charge in [-0.15, -0.1) is 6.58 Å². The summed E-state index contributed by atoms with van der Waals surface area (Å²) >= 11 is 0. The average molecular weight is 487 g/mol. The molecule has 0 amide bonds. The van der Waals surface area contributed by atoms with Crippen LogP contribution in [-0.2, 0) is 20.7 Å². The van der Waals surface area contributed by atoms with Crippen LogP contribution in [0.15, 0.2) is 78.2 Å². The molecule has 0 bridgehead atoms. The van der Waals surface area contributed by atoms with Crippen LogP contribution in [0.5, 0.6) is 0 Å². The summed E-state index contributed by atoms with van der Waals surface area (Å²) in [5, 5.41) is 0. The van der Waals surface area contributed by atoms with Crippen molar-refractivity contribution in [3.63, 3.8) is 0 Å². The molecule has 0 fully saturated rings. The summed E-state index contributed by atoms with van der Waals surface area (Å²) in [6.07, 6.45) is 16.9. The third-order valence-electron chi connectivity index (χ3n) is 5.03. The molecule has 2 rings (SSSR count). The summed E-state index contributed by atoms with van der Waals surface area (Å²) in [6.45, 7) is 5.65. The average Bonchev–Trinajstić information content (AvgIpc) is 2.81. The molecule has 32 heavy (non-hydrogen) atoms. The van der Waals surface area contributed by atoms with Gasteiger partial charge in [0.05, 0.1) is 11.5 Å². The van der Waals surface area contributed by atoms with E-state index in [2.05, 4.69) is 48.0 Å². The van der Waals surface area contributed by atoms with E-state index in [1.807, 2.05) is 0 Å². The minimum atomic E-state index is -3.59. The van der Waals surface area contributed by atoms with Crippen molar-refractivity contribution in [1.29, 1.82) is 0 Å². The van der Waals surface area contributed by atoms with Crippen LogP contribution in [0.3, 0.4) is 0 Å². The standard InChI is InChI=1S/C18H30.C9H10O3S.Ca.2H/c1-2-3-4-5-6-7-8-9-10-12-15-18-16-13-11-14-17-18;1-2-8-12-13(10,11)9-6-4-3-5-7-9;;;/h11,13-14,16-17H,2-10,12,15H2,1H3;2-7H,1,8H2;;;/q;;+2;2*-1. The minimum absolute atomic E-state index is 0. The maximum atomic E-state index is 11.3. The van der Waals surface area contributed by atoms with Gasteiger partial charge < -0.3 is 2.85 Å². The largest absolute Gasteiger partial charge is 2.00 e. The molecule has 0 N–H and O–H groups in total. The minimum Gasteiger partial charge on any atom is -1.00 e. The van der Waals surface area contributed by atoms with E-state index in [1.165, 1.54) is 94.4 Å². The molecule has 0 aliphatic carbocycles. The van der Waals surface area contributed by atoms with Crippen molar-refractivity contribution < 1.29 is 15.5 Å². The second-order valence-corrected chi connectivity index (χ2v) is 9.37. The van der Waals surface area contributed by atoms with Crippen LogP contribution in [-0.4, -0.2) is 52.8 Å². The smallest absolute Gasteiger partial charge is 1.00 e. The number of aryl methyl sites for hydroxylation is 1. The molecular formula is C27H42CaO3S. The van der Waals surface area contributed by atoms with Gasteiger partial charge in [0.25, 0.3) is 10.1 Å². The van der Waals surface area contributed by atoms with Crippen molar-refractivity contribution in [2.24, 2.45) is 0 Å². The van der Waals surface area contributed by atoms with Gasteiger partial charge in [-0.05, 0) is 30.5 Å². The van der Waals surface area contributed by atoms with Crippen molar-refractivity contribution in [1.82, 2.24) is 0 Å². The van der Waals surface area contributed by atoms with Crippen molar-refractivity contribution >= 4 is 47.9 Å². The summed E-state index contributed by atoms with van der Waals surface area (Å²) in [5.74, 6) is 0. The first-order valence-corrected chi connectivity index (χ1v) is 13.1. The van der Waals surface area contributed by atoms with E-state index in [4.69, 9.17) is 0 Å². The Kier molecular flexibility index (Phi) is 20.5. The normalized spacial score (nSPS) is 10.5. The Labute approximate surface area is 229 Å². The fourth-order valence-electron chi connectivity index (χ4n) is 3.25. The van der Waals surface area contributed by atoms with Crippen molar-refractivity contribution in [2.75, 3.05) is 6.61 Å². The first-order valence-electron chi connectivity index (χ1n) is 11.7. The van der Waals surface area contributed by atoms with Crippen molar-refractivity contribution in [3.05, 3.63) is 78.9 Å². The second-order valence-electron chi connectivity index (χ2n) is 7.76. The molecule has 0 aliphatic heterocycles. The van der Waals surface area contributed by atoms with E-state index in [0.29, 0.717) is 0 Å². The van der Waals surface area contributed by atoms with Crippen LogP contribution < -0.4 is 0 Å². The van der Waals surface area contributed by atoms with Crippen LogP contribution >= 0.6 is 0 Å². The Balaban J connectivity index is -0.000000541. The van der Waals surface area contributed by atoms with Gasteiger partial charge in [0.1, 0.15) is 0 Å². The molecular weight excluding hydrogens is 444 g/mol. The van der Waals surface area contributed by atoms with Gasteiger partial charge in [0.2, 0.25) is 0 Å². The number of rotatable bonds is 15. The molecule has 0 heterocycles. The zero-order chi connectivity index (χ0) is 22.6. The van der Waals surface area contributed by atoms with E-state index in [1.54, 1.807) is 18.2 Å². The number of unbranched alkanes of at least 4 members (excludes halogenated alkanes) is 9. The molecule has 0 saturated heterocycles. The van der Waals surface area contributed by atoms with Gasteiger partial charge in [-0.1, -0.05) is 119 Å². The van der Waals surface area contributed by atoms with Crippen LogP contribution in [0.2, 0.25) is 0 Å². The van der Waals surface area contributed by atoms with E-state index < -0.39 is 10.1 Å². The van der Waals surface area contributed by atoms with Crippen LogP contribution in [0, 0.1) is 0 Å². The molecule has 0 aromatic heterocycles. The third kappa shape index (κ3) is 16.0. The summed E-state index contributed by atoms with van der Waals surface area (Å²) in [5.41, 5.74) is 1.50. The third-order valence-corrected chi connectivity index (χ3v) is 6.33. The molecule has 2 aromatic rings. The van der Waals surface area contributed by atoms with Crippen LogP contribution in [0.4, 0.5) is 0 Å². The van der Waals surface area contributed by atoms with Crippen LogP contribution in [0.1, 0.15) is 79.5 Å². The van der Waals surface area contributed by atoms with Gasteiger partial charge in [0.15, 0.2) is 0 Å². The zero-order valence-corrected chi connectivity index (χ0v) is 22.9. The zero-order valence-electron chi connectivity index (χ0n) is 21.9. The Morgan fingerprint density at radius 1 is 0.781 bits per heavy atom. The molecule has 0 saturated carbocycles. The Morgan fingerprint density at radius 3 is 1.75 bits per heavy atom. The first-order chi connectivity index (χ1) is 15.1. The fraction of sp³-hybridized carbons (Fsp3) is 0.481. The molecule has 2 aromatic carbocycles. The van der Waals surface area contributed by atoms with Gasteiger partial charge >= 0.3 is 37.7 Å². The molecule has 0 radical (unpaired) electrons. The van der Waals surface area contributed by atoms with Gasteiger partial charge in [-0.3, -0.25) is 4.18 Å². The second kappa shape index (κ2) is 20.9. The van der Waals surface area contributed by atoms with E-state index in [0.717, 1.165) is 0 Å². The Bertz CT molecular complexity index is 788. The summed E-state index contributed by atoms with van der Waals surface area (Å²) < 4.78 is 27.3. The predicted octanol–water partition coefficient (Wildman–Crippen LogP) is 7.57. The Hall–Kier alpha value is -0.650. The molecule has 0 unspecified atom stereocenters. The number of benzene rings is 2. The maximum absolute atomic E-state index is 11.3. The predicted molar refractivity (Wildman–Crippen MR) is 140 cm³/mol. The van der Waals surface area contributed by atoms with E-state index in [9.17, 15) is 8.42 Å². The summed E-state index contributed by atoms with van der Waals surface area (Å²) in [4.78, 5) is 0.164. The number of hydrogen-bond donors (Lipinski definition) is 0. The molecule has 0 spiro atoms. The SMILES string of the molecule is C=CCOS(=O)(=O)c1ccccc1.CCCCCCCCCCCCc1ccccc1.[Ca+2].[H-].[H-].